The lowest BCUT2D eigenvalue weighted by Gasteiger charge is -2.23. The average molecular weight is 545 g/mol. The Morgan fingerprint density at radius 3 is 2.56 bits per heavy atom. The van der Waals surface area contributed by atoms with E-state index in [2.05, 4.69) is 0 Å². The van der Waals surface area contributed by atoms with Crippen molar-refractivity contribution in [1.82, 2.24) is 0 Å². The Morgan fingerprint density at radius 1 is 1.05 bits per heavy atom. The SMILES string of the molecule is CC(O)(C=C[C@H]1[C@H](O)C=C[C@@H]1CC=CCCCC(=O)OCc1ccccc1)COc1cccc(C(F)(F)F)c1. The predicted molar refractivity (Wildman–Crippen MR) is 143 cm³/mol. The summed E-state index contributed by atoms with van der Waals surface area (Å²) in [5.74, 6) is -0.469. The molecule has 1 aliphatic rings. The van der Waals surface area contributed by atoms with E-state index >= 15 is 0 Å². The molecule has 39 heavy (non-hydrogen) atoms. The molecule has 2 N–H and O–H groups in total. The van der Waals surface area contributed by atoms with Gasteiger partial charge in [-0.1, -0.05) is 72.9 Å². The van der Waals surface area contributed by atoms with Crippen molar-refractivity contribution in [3.8, 4) is 5.75 Å². The van der Waals surface area contributed by atoms with Crippen molar-refractivity contribution < 1.29 is 37.7 Å². The minimum Gasteiger partial charge on any atom is -0.490 e. The molecule has 1 aliphatic carbocycles. The van der Waals surface area contributed by atoms with E-state index in [-0.39, 0.29) is 36.8 Å². The summed E-state index contributed by atoms with van der Waals surface area (Å²) >= 11 is 0. The van der Waals surface area contributed by atoms with Crippen LogP contribution < -0.4 is 4.74 Å². The third-order valence-electron chi connectivity index (χ3n) is 6.38. The van der Waals surface area contributed by atoms with E-state index < -0.39 is 23.4 Å². The van der Waals surface area contributed by atoms with Crippen LogP contribution in [0.15, 0.2) is 91.1 Å². The van der Waals surface area contributed by atoms with Crippen LogP contribution in [-0.4, -0.2) is 34.5 Å². The number of halogens is 3. The molecule has 210 valence electrons. The first-order valence-corrected chi connectivity index (χ1v) is 13.0. The molecule has 0 aliphatic heterocycles. The van der Waals surface area contributed by atoms with Crippen molar-refractivity contribution >= 4 is 5.97 Å². The van der Waals surface area contributed by atoms with Crippen molar-refractivity contribution in [3.63, 3.8) is 0 Å². The molecule has 1 unspecified atom stereocenters. The second-order valence-electron chi connectivity index (χ2n) is 9.89. The Bertz CT molecular complexity index is 1140. The first-order valence-electron chi connectivity index (χ1n) is 13.0. The molecule has 2 aromatic rings. The molecule has 0 amide bonds. The number of benzene rings is 2. The molecule has 0 radical (unpaired) electrons. The summed E-state index contributed by atoms with van der Waals surface area (Å²) < 4.78 is 49.4. The van der Waals surface area contributed by atoms with Gasteiger partial charge < -0.3 is 19.7 Å². The lowest BCUT2D eigenvalue weighted by Crippen LogP contribution is -2.30. The zero-order valence-corrected chi connectivity index (χ0v) is 21.9. The zero-order chi connectivity index (χ0) is 28.3. The summed E-state index contributed by atoms with van der Waals surface area (Å²) in [6.07, 6.45) is 8.11. The minimum absolute atomic E-state index is 0.00791. The van der Waals surface area contributed by atoms with Crippen molar-refractivity contribution in [2.45, 2.75) is 57.1 Å². The molecule has 4 atom stereocenters. The van der Waals surface area contributed by atoms with Crippen molar-refractivity contribution in [3.05, 3.63) is 102 Å². The maximum absolute atomic E-state index is 12.9. The van der Waals surface area contributed by atoms with Gasteiger partial charge in [-0.05, 0) is 55.9 Å². The number of carbonyl (C=O) groups excluding carboxylic acids is 1. The number of rotatable bonds is 13. The molecule has 0 bridgehead atoms. The highest BCUT2D eigenvalue weighted by molar-refractivity contribution is 5.69. The van der Waals surface area contributed by atoms with Gasteiger partial charge in [-0.25, -0.2) is 0 Å². The number of esters is 1. The van der Waals surface area contributed by atoms with E-state index in [0.717, 1.165) is 24.1 Å². The fourth-order valence-corrected chi connectivity index (χ4v) is 4.16. The number of hydrogen-bond donors (Lipinski definition) is 2. The predicted octanol–water partition coefficient (Wildman–Crippen LogP) is 6.41. The number of hydrogen-bond acceptors (Lipinski definition) is 5. The monoisotopic (exact) mass is 544 g/mol. The van der Waals surface area contributed by atoms with Gasteiger partial charge in [0.2, 0.25) is 0 Å². The molecule has 0 saturated carbocycles. The minimum atomic E-state index is -4.48. The number of carbonyl (C=O) groups is 1. The molecule has 0 spiro atoms. The highest BCUT2D eigenvalue weighted by Crippen LogP contribution is 2.32. The zero-order valence-electron chi connectivity index (χ0n) is 21.9. The second-order valence-corrected chi connectivity index (χ2v) is 9.89. The summed E-state index contributed by atoms with van der Waals surface area (Å²) in [5.41, 5.74) is -1.33. The van der Waals surface area contributed by atoms with Gasteiger partial charge in [0, 0.05) is 12.3 Å². The van der Waals surface area contributed by atoms with Gasteiger partial charge in [0.05, 0.1) is 11.7 Å². The molecule has 3 rings (SSSR count). The molecule has 8 heteroatoms. The third kappa shape index (κ3) is 10.4. The van der Waals surface area contributed by atoms with E-state index in [9.17, 15) is 28.2 Å². The number of aliphatic hydroxyl groups excluding tert-OH is 1. The Hall–Kier alpha value is -3.36. The van der Waals surface area contributed by atoms with Crippen molar-refractivity contribution in [2.75, 3.05) is 6.61 Å². The Balaban J connectivity index is 1.40. The molecule has 5 nitrogen and oxygen atoms in total. The van der Waals surface area contributed by atoms with E-state index in [1.54, 1.807) is 12.2 Å². The molecular formula is C31H35F3O5. The molecule has 0 aromatic heterocycles. The Morgan fingerprint density at radius 2 is 1.82 bits per heavy atom. The van der Waals surface area contributed by atoms with Gasteiger partial charge >= 0.3 is 12.1 Å². The van der Waals surface area contributed by atoms with Gasteiger partial charge in [-0.2, -0.15) is 13.2 Å². The lowest BCUT2D eigenvalue weighted by molar-refractivity contribution is -0.145. The van der Waals surface area contributed by atoms with Gasteiger partial charge in [0.1, 0.15) is 24.6 Å². The summed E-state index contributed by atoms with van der Waals surface area (Å²) in [6.45, 7) is 1.51. The van der Waals surface area contributed by atoms with Crippen LogP contribution in [0.25, 0.3) is 0 Å². The fourth-order valence-electron chi connectivity index (χ4n) is 4.16. The standard InChI is InChI=1S/C31H35F3O5/c1-30(37,22-39-26-14-9-13-25(20-26)31(32,33)34)19-18-27-24(16-17-28(27)35)12-7-2-3-8-15-29(36)38-21-23-10-5-4-6-11-23/h2,4-7,9-11,13-14,16-20,24,27-28,35,37H,3,8,12,15,21-22H2,1H3/t24-,27+,28+,30?/m0/s1. The Kier molecular flexibility index (Phi) is 10.9. The van der Waals surface area contributed by atoms with Crippen molar-refractivity contribution in [1.29, 1.82) is 0 Å². The van der Waals surface area contributed by atoms with Crippen LogP contribution in [0.1, 0.15) is 43.7 Å². The van der Waals surface area contributed by atoms with Gasteiger partial charge in [-0.3, -0.25) is 4.79 Å². The quantitative estimate of drug-likeness (QED) is 0.173. The van der Waals surface area contributed by atoms with Crippen LogP contribution in [0.3, 0.4) is 0 Å². The summed E-state index contributed by atoms with van der Waals surface area (Å²) in [6, 6.07) is 14.0. The number of unbranched alkanes of at least 4 members (excludes halogenated alkanes) is 1. The third-order valence-corrected chi connectivity index (χ3v) is 6.38. The van der Waals surface area contributed by atoms with Crippen LogP contribution in [0.4, 0.5) is 13.2 Å². The maximum Gasteiger partial charge on any atom is 0.416 e. The summed E-state index contributed by atoms with van der Waals surface area (Å²) in [7, 11) is 0. The fraction of sp³-hybridized carbons (Fsp3) is 0.387. The molecule has 2 aromatic carbocycles. The highest BCUT2D eigenvalue weighted by atomic mass is 19.4. The first-order chi connectivity index (χ1) is 18.5. The topological polar surface area (TPSA) is 76.0 Å². The van der Waals surface area contributed by atoms with E-state index in [0.29, 0.717) is 19.3 Å². The number of alkyl halides is 3. The number of ether oxygens (including phenoxy) is 2. The number of aliphatic hydroxyl groups is 2. The smallest absolute Gasteiger partial charge is 0.416 e. The molecular weight excluding hydrogens is 509 g/mol. The van der Waals surface area contributed by atoms with Crippen LogP contribution in [0.5, 0.6) is 5.75 Å². The average Bonchev–Trinajstić information content (AvgIpc) is 3.26. The molecule has 0 fully saturated rings. The molecule has 0 saturated heterocycles. The maximum atomic E-state index is 12.9. The highest BCUT2D eigenvalue weighted by Gasteiger charge is 2.31. The van der Waals surface area contributed by atoms with Crippen LogP contribution in [0.2, 0.25) is 0 Å². The van der Waals surface area contributed by atoms with E-state index in [4.69, 9.17) is 9.47 Å². The van der Waals surface area contributed by atoms with E-state index in [1.807, 2.05) is 48.6 Å². The summed E-state index contributed by atoms with van der Waals surface area (Å²) in [5, 5.41) is 21.0. The van der Waals surface area contributed by atoms with Crippen molar-refractivity contribution in [2.24, 2.45) is 11.8 Å². The lowest BCUT2D eigenvalue weighted by atomic mass is 9.89. The van der Waals surface area contributed by atoms with Crippen LogP contribution >= 0.6 is 0 Å². The summed E-state index contributed by atoms with van der Waals surface area (Å²) in [4.78, 5) is 11.9. The van der Waals surface area contributed by atoms with Gasteiger partial charge in [0.25, 0.3) is 0 Å². The Labute approximate surface area is 227 Å². The van der Waals surface area contributed by atoms with Gasteiger partial charge in [-0.15, -0.1) is 0 Å². The van der Waals surface area contributed by atoms with E-state index in [1.165, 1.54) is 25.1 Å². The van der Waals surface area contributed by atoms with Crippen LogP contribution in [0, 0.1) is 11.8 Å². The first kappa shape index (κ1) is 30.2. The normalized spacial score (nSPS) is 20.9. The molecule has 0 heterocycles. The second kappa shape index (κ2) is 14.1. The van der Waals surface area contributed by atoms with Gasteiger partial charge in [0.15, 0.2) is 0 Å². The number of allylic oxidation sites excluding steroid dienone is 3. The largest absolute Gasteiger partial charge is 0.490 e. The van der Waals surface area contributed by atoms with Crippen LogP contribution in [-0.2, 0) is 22.3 Å².